The first-order chi connectivity index (χ1) is 13.7. The fraction of sp³-hybridized carbons (Fsp3) is 0.400. The van der Waals surface area contributed by atoms with Crippen LogP contribution in [0.3, 0.4) is 0 Å². The molecule has 0 aliphatic heterocycles. The Morgan fingerprint density at radius 2 is 1.90 bits per heavy atom. The molecule has 3 rings (SSSR count). The molecular weight excluding hydrogens is 414 g/mol. The molecule has 2 N–H and O–H groups in total. The Kier molecular flexibility index (Phi) is 6.77. The SMILES string of the molecule is CC(=O)Nc1ccc(S(=O)(=O)NC2CCC(Oc3ccc(Cl)cn3)CC2)c(C)c1. The topological polar surface area (TPSA) is 97.4 Å². The summed E-state index contributed by atoms with van der Waals surface area (Å²) in [5.74, 6) is 0.319. The predicted octanol–water partition coefficient (Wildman–Crippen LogP) is 3.67. The standard InChI is InChI=1S/C20H24ClN3O4S/c1-13-11-17(23-14(2)25)6-9-19(13)29(26,27)24-16-4-7-18(8-5-16)28-20-10-3-15(21)12-22-20/h3,6,9-12,16,18,24H,4-5,7-8H2,1-2H3,(H,23,25). The fourth-order valence-corrected chi connectivity index (χ4v) is 5.06. The smallest absolute Gasteiger partial charge is 0.241 e. The summed E-state index contributed by atoms with van der Waals surface area (Å²) >= 11 is 5.83. The Labute approximate surface area is 175 Å². The average Bonchev–Trinajstić information content (AvgIpc) is 2.64. The van der Waals surface area contributed by atoms with Crippen LogP contribution in [0.5, 0.6) is 5.88 Å². The minimum Gasteiger partial charge on any atom is -0.474 e. The van der Waals surface area contributed by atoms with Crippen LogP contribution in [-0.4, -0.2) is 31.5 Å². The lowest BCUT2D eigenvalue weighted by Gasteiger charge is -2.29. The molecule has 0 bridgehead atoms. The Morgan fingerprint density at radius 1 is 1.17 bits per heavy atom. The van der Waals surface area contributed by atoms with Crippen molar-refractivity contribution in [1.29, 1.82) is 0 Å². The zero-order valence-corrected chi connectivity index (χ0v) is 17.9. The molecule has 1 aromatic carbocycles. The molecular formula is C20H24ClN3O4S. The molecule has 156 valence electrons. The van der Waals surface area contributed by atoms with E-state index in [2.05, 4.69) is 15.0 Å². The van der Waals surface area contributed by atoms with E-state index >= 15 is 0 Å². The van der Waals surface area contributed by atoms with E-state index in [-0.39, 0.29) is 22.9 Å². The highest BCUT2D eigenvalue weighted by atomic mass is 35.5. The average molecular weight is 438 g/mol. The van der Waals surface area contributed by atoms with Gasteiger partial charge >= 0.3 is 0 Å². The number of ether oxygens (including phenoxy) is 1. The molecule has 29 heavy (non-hydrogen) atoms. The Hall–Kier alpha value is -2.16. The van der Waals surface area contributed by atoms with Crippen LogP contribution >= 0.6 is 11.6 Å². The molecule has 1 aliphatic rings. The van der Waals surface area contributed by atoms with Gasteiger partial charge in [0.1, 0.15) is 6.10 Å². The van der Waals surface area contributed by atoms with Crippen molar-refractivity contribution >= 4 is 33.2 Å². The van der Waals surface area contributed by atoms with Gasteiger partial charge in [0, 0.05) is 30.9 Å². The number of benzene rings is 1. The third-order valence-electron chi connectivity index (χ3n) is 4.77. The quantitative estimate of drug-likeness (QED) is 0.718. The van der Waals surface area contributed by atoms with E-state index in [1.54, 1.807) is 31.2 Å². The van der Waals surface area contributed by atoms with E-state index in [0.29, 0.717) is 35.0 Å². The molecule has 0 unspecified atom stereocenters. The Balaban J connectivity index is 1.57. The molecule has 1 aliphatic carbocycles. The summed E-state index contributed by atoms with van der Waals surface area (Å²) in [6.45, 7) is 3.12. The van der Waals surface area contributed by atoms with Gasteiger partial charge in [-0.15, -0.1) is 0 Å². The largest absolute Gasteiger partial charge is 0.474 e. The van der Waals surface area contributed by atoms with E-state index < -0.39 is 10.0 Å². The zero-order chi connectivity index (χ0) is 21.0. The summed E-state index contributed by atoms with van der Waals surface area (Å²) < 4.78 is 34.3. The monoisotopic (exact) mass is 437 g/mol. The molecule has 0 saturated heterocycles. The maximum Gasteiger partial charge on any atom is 0.241 e. The number of amides is 1. The molecule has 7 nitrogen and oxygen atoms in total. The number of nitrogens with zero attached hydrogens (tertiary/aromatic N) is 1. The summed E-state index contributed by atoms with van der Waals surface area (Å²) in [6, 6.07) is 8.07. The van der Waals surface area contributed by atoms with Gasteiger partial charge in [-0.2, -0.15) is 0 Å². The lowest BCUT2D eigenvalue weighted by Crippen LogP contribution is -2.39. The second-order valence-electron chi connectivity index (χ2n) is 7.19. The van der Waals surface area contributed by atoms with Crippen molar-refractivity contribution in [3.05, 3.63) is 47.1 Å². The van der Waals surface area contributed by atoms with Gasteiger partial charge in [0.2, 0.25) is 21.8 Å². The molecule has 1 saturated carbocycles. The third-order valence-corrected chi connectivity index (χ3v) is 6.67. The van der Waals surface area contributed by atoms with Crippen molar-refractivity contribution in [2.24, 2.45) is 0 Å². The molecule has 1 heterocycles. The Bertz CT molecular complexity index is 972. The minimum absolute atomic E-state index is 0.00287. The number of hydrogen-bond donors (Lipinski definition) is 2. The number of sulfonamides is 1. The number of halogens is 1. The van der Waals surface area contributed by atoms with Gasteiger partial charge in [-0.3, -0.25) is 4.79 Å². The third kappa shape index (κ3) is 5.91. The van der Waals surface area contributed by atoms with E-state index in [9.17, 15) is 13.2 Å². The van der Waals surface area contributed by atoms with Crippen molar-refractivity contribution < 1.29 is 17.9 Å². The molecule has 0 radical (unpaired) electrons. The van der Waals surface area contributed by atoms with Crippen LogP contribution in [0.15, 0.2) is 41.4 Å². The fourth-order valence-electron chi connectivity index (χ4n) is 3.42. The van der Waals surface area contributed by atoms with E-state index in [4.69, 9.17) is 16.3 Å². The van der Waals surface area contributed by atoms with Crippen LogP contribution in [0.4, 0.5) is 5.69 Å². The van der Waals surface area contributed by atoms with Gasteiger partial charge in [0.25, 0.3) is 0 Å². The molecule has 1 aromatic heterocycles. The number of rotatable bonds is 6. The normalized spacial score (nSPS) is 19.6. The molecule has 2 aromatic rings. The lowest BCUT2D eigenvalue weighted by atomic mass is 9.94. The van der Waals surface area contributed by atoms with Crippen LogP contribution < -0.4 is 14.8 Å². The van der Waals surface area contributed by atoms with Crippen LogP contribution in [0.1, 0.15) is 38.2 Å². The van der Waals surface area contributed by atoms with Crippen molar-refractivity contribution in [1.82, 2.24) is 9.71 Å². The second kappa shape index (κ2) is 9.11. The van der Waals surface area contributed by atoms with Crippen molar-refractivity contribution in [3.8, 4) is 5.88 Å². The highest BCUT2D eigenvalue weighted by Gasteiger charge is 2.27. The predicted molar refractivity (Wildman–Crippen MR) is 112 cm³/mol. The van der Waals surface area contributed by atoms with Gasteiger partial charge in [-0.05, 0) is 62.4 Å². The molecule has 1 fully saturated rings. The number of carbonyl (C=O) groups is 1. The van der Waals surface area contributed by atoms with Crippen molar-refractivity contribution in [2.75, 3.05) is 5.32 Å². The number of aryl methyl sites for hydroxylation is 1. The minimum atomic E-state index is -3.65. The highest BCUT2D eigenvalue weighted by molar-refractivity contribution is 7.89. The lowest BCUT2D eigenvalue weighted by molar-refractivity contribution is -0.114. The maximum atomic E-state index is 12.8. The first-order valence-electron chi connectivity index (χ1n) is 9.42. The van der Waals surface area contributed by atoms with E-state index in [0.717, 1.165) is 12.8 Å². The maximum absolute atomic E-state index is 12.8. The van der Waals surface area contributed by atoms with Crippen LogP contribution in [0.25, 0.3) is 0 Å². The zero-order valence-electron chi connectivity index (χ0n) is 16.3. The number of carbonyl (C=O) groups excluding carboxylic acids is 1. The summed E-state index contributed by atoms with van der Waals surface area (Å²) in [5.41, 5.74) is 1.15. The summed E-state index contributed by atoms with van der Waals surface area (Å²) in [4.78, 5) is 15.5. The number of hydrogen-bond acceptors (Lipinski definition) is 5. The van der Waals surface area contributed by atoms with Crippen LogP contribution in [0, 0.1) is 6.92 Å². The van der Waals surface area contributed by atoms with E-state index in [1.807, 2.05) is 0 Å². The second-order valence-corrected chi connectivity index (χ2v) is 9.31. The van der Waals surface area contributed by atoms with Gasteiger partial charge in [0.15, 0.2) is 0 Å². The summed E-state index contributed by atoms with van der Waals surface area (Å²) in [5, 5.41) is 3.20. The van der Waals surface area contributed by atoms with Crippen LogP contribution in [-0.2, 0) is 14.8 Å². The van der Waals surface area contributed by atoms with Gasteiger partial charge in [-0.1, -0.05) is 11.6 Å². The molecule has 1 amide bonds. The van der Waals surface area contributed by atoms with Gasteiger partial charge < -0.3 is 10.1 Å². The molecule has 0 spiro atoms. The number of pyridine rings is 1. The molecule has 9 heteroatoms. The van der Waals surface area contributed by atoms with Crippen molar-refractivity contribution in [3.63, 3.8) is 0 Å². The first kappa shape index (κ1) is 21.5. The van der Waals surface area contributed by atoms with Gasteiger partial charge in [0.05, 0.1) is 9.92 Å². The van der Waals surface area contributed by atoms with Crippen molar-refractivity contribution in [2.45, 2.75) is 56.6 Å². The first-order valence-corrected chi connectivity index (χ1v) is 11.3. The van der Waals surface area contributed by atoms with Crippen LogP contribution in [0.2, 0.25) is 5.02 Å². The number of nitrogens with one attached hydrogen (secondary N) is 2. The summed E-state index contributed by atoms with van der Waals surface area (Å²) in [6.07, 6.45) is 4.37. The summed E-state index contributed by atoms with van der Waals surface area (Å²) in [7, 11) is -3.65. The number of aromatic nitrogens is 1. The molecule has 0 atom stereocenters. The number of anilines is 1. The van der Waals surface area contributed by atoms with E-state index in [1.165, 1.54) is 19.2 Å². The van der Waals surface area contributed by atoms with Gasteiger partial charge in [-0.25, -0.2) is 18.1 Å². The Morgan fingerprint density at radius 3 is 2.48 bits per heavy atom. The highest BCUT2D eigenvalue weighted by Crippen LogP contribution is 2.26.